The van der Waals surface area contributed by atoms with Gasteiger partial charge in [-0.1, -0.05) is 13.3 Å². The van der Waals surface area contributed by atoms with Crippen molar-refractivity contribution >= 4 is 29.6 Å². The lowest BCUT2D eigenvalue weighted by Gasteiger charge is -2.13. The zero-order valence-corrected chi connectivity index (χ0v) is 11.5. The summed E-state index contributed by atoms with van der Waals surface area (Å²) in [5.41, 5.74) is 2.35. The average Bonchev–Trinajstić information content (AvgIpc) is 2.61. The van der Waals surface area contributed by atoms with Gasteiger partial charge in [-0.05, 0) is 24.9 Å². The number of hydrogen-bond donors (Lipinski definition) is 2. The predicted molar refractivity (Wildman–Crippen MR) is 69.8 cm³/mol. The van der Waals surface area contributed by atoms with Gasteiger partial charge in [0.05, 0.1) is 0 Å². The normalized spacial score (nSPS) is 19.0. The van der Waals surface area contributed by atoms with Crippen molar-refractivity contribution in [3.63, 3.8) is 0 Å². The van der Waals surface area contributed by atoms with E-state index in [1.54, 1.807) is 11.8 Å². The highest BCUT2D eigenvalue weighted by molar-refractivity contribution is 7.98. The minimum atomic E-state index is -0.545. The molecule has 1 heterocycles. The number of unbranched alkanes of at least 4 members (excludes halogenated alkanes) is 1. The number of nitrogens with zero attached hydrogens (tertiary/aromatic N) is 1. The number of thioether (sulfide) groups is 1. The smallest absolute Gasteiger partial charge is 0.324 e. The molecule has 1 aliphatic rings. The number of rotatable bonds is 7. The van der Waals surface area contributed by atoms with Gasteiger partial charge < -0.3 is 5.32 Å². The van der Waals surface area contributed by atoms with Crippen molar-refractivity contribution in [3.8, 4) is 0 Å². The second kappa shape index (κ2) is 7.25. The van der Waals surface area contributed by atoms with Gasteiger partial charge in [-0.15, -0.1) is 0 Å². The van der Waals surface area contributed by atoms with Crippen molar-refractivity contribution in [1.82, 2.24) is 15.8 Å². The monoisotopic (exact) mass is 273 g/mol. The number of imide groups is 1. The van der Waals surface area contributed by atoms with Crippen LogP contribution in [0.5, 0.6) is 0 Å². The first-order valence-corrected chi connectivity index (χ1v) is 7.42. The third-order valence-electron chi connectivity index (χ3n) is 2.62. The lowest BCUT2D eigenvalue weighted by atomic mass is 10.2. The molecule has 1 atom stereocenters. The van der Waals surface area contributed by atoms with Crippen LogP contribution in [0, 0.1) is 0 Å². The second-order valence-electron chi connectivity index (χ2n) is 4.10. The molecule has 1 rings (SSSR count). The maximum absolute atomic E-state index is 11.8. The number of carbonyl (C=O) groups excluding carboxylic acids is 3. The molecule has 18 heavy (non-hydrogen) atoms. The van der Waals surface area contributed by atoms with E-state index >= 15 is 0 Å². The summed E-state index contributed by atoms with van der Waals surface area (Å²) in [6, 6.07) is -1.06. The van der Waals surface area contributed by atoms with E-state index in [1.165, 1.54) is 0 Å². The van der Waals surface area contributed by atoms with E-state index < -0.39 is 12.1 Å². The molecule has 2 N–H and O–H groups in total. The molecule has 7 heteroatoms. The summed E-state index contributed by atoms with van der Waals surface area (Å²) in [6.45, 7) is 1.97. The molecule has 1 aliphatic heterocycles. The van der Waals surface area contributed by atoms with Gasteiger partial charge in [-0.3, -0.25) is 15.0 Å². The van der Waals surface area contributed by atoms with Gasteiger partial charge in [0.15, 0.2) is 0 Å². The minimum Gasteiger partial charge on any atom is -0.324 e. The molecule has 0 radical (unpaired) electrons. The molecule has 0 bridgehead atoms. The largest absolute Gasteiger partial charge is 0.344 e. The van der Waals surface area contributed by atoms with Crippen molar-refractivity contribution in [1.29, 1.82) is 0 Å². The number of hydrazine groups is 1. The highest BCUT2D eigenvalue weighted by Gasteiger charge is 2.38. The number of nitrogens with one attached hydrogen (secondary N) is 2. The quantitative estimate of drug-likeness (QED) is 0.675. The van der Waals surface area contributed by atoms with E-state index in [1.807, 2.05) is 13.2 Å². The van der Waals surface area contributed by atoms with E-state index in [4.69, 9.17) is 0 Å². The molecule has 102 valence electrons. The molecule has 0 aromatic heterocycles. The summed E-state index contributed by atoms with van der Waals surface area (Å²) < 4.78 is 0. The van der Waals surface area contributed by atoms with Crippen LogP contribution in [0.25, 0.3) is 0 Å². The average molecular weight is 273 g/mol. The lowest BCUT2D eigenvalue weighted by molar-refractivity contribution is -0.136. The number of urea groups is 1. The standard InChI is InChI=1S/C11H19N3O3S/c1-3-4-5-9(15)13-14-10(16)8(6-7-18-2)12-11(14)17/h8H,3-7H2,1-2H3,(H,12,17)(H,13,15)/t8-/m0/s1. The molecule has 0 spiro atoms. The van der Waals surface area contributed by atoms with Gasteiger partial charge >= 0.3 is 6.03 Å². The summed E-state index contributed by atoms with van der Waals surface area (Å²) in [7, 11) is 0. The summed E-state index contributed by atoms with van der Waals surface area (Å²) in [4.78, 5) is 34.9. The molecule has 1 saturated heterocycles. The maximum atomic E-state index is 11.8. The van der Waals surface area contributed by atoms with Crippen molar-refractivity contribution in [2.45, 2.75) is 38.6 Å². The van der Waals surface area contributed by atoms with Crippen LogP contribution in [0.1, 0.15) is 32.6 Å². The van der Waals surface area contributed by atoms with Crippen molar-refractivity contribution in [2.75, 3.05) is 12.0 Å². The van der Waals surface area contributed by atoms with Crippen molar-refractivity contribution in [3.05, 3.63) is 0 Å². The van der Waals surface area contributed by atoms with E-state index in [9.17, 15) is 14.4 Å². The Kier molecular flexibility index (Phi) is 5.97. The van der Waals surface area contributed by atoms with Crippen LogP contribution in [0.3, 0.4) is 0 Å². The van der Waals surface area contributed by atoms with Crippen LogP contribution in [-0.2, 0) is 9.59 Å². The Bertz CT molecular complexity index is 335. The van der Waals surface area contributed by atoms with Gasteiger partial charge in [0.2, 0.25) is 5.91 Å². The highest BCUT2D eigenvalue weighted by Crippen LogP contribution is 2.10. The highest BCUT2D eigenvalue weighted by atomic mass is 32.2. The Morgan fingerprint density at radius 3 is 2.83 bits per heavy atom. The first-order chi connectivity index (χ1) is 8.60. The molecular weight excluding hydrogens is 254 g/mol. The fraction of sp³-hybridized carbons (Fsp3) is 0.727. The molecule has 0 aromatic rings. The minimum absolute atomic E-state index is 0.300. The van der Waals surface area contributed by atoms with Crippen LogP contribution >= 0.6 is 11.8 Å². The van der Waals surface area contributed by atoms with Crippen LogP contribution < -0.4 is 10.7 Å². The number of carbonyl (C=O) groups is 3. The van der Waals surface area contributed by atoms with E-state index in [-0.39, 0.29) is 11.8 Å². The van der Waals surface area contributed by atoms with Crippen LogP contribution in [0.2, 0.25) is 0 Å². The molecule has 1 fully saturated rings. The Labute approximate surface area is 111 Å². The Hall–Kier alpha value is -1.24. The third kappa shape index (κ3) is 3.90. The third-order valence-corrected chi connectivity index (χ3v) is 3.27. The van der Waals surface area contributed by atoms with Gasteiger partial charge in [0.25, 0.3) is 5.91 Å². The van der Waals surface area contributed by atoms with Crippen LogP contribution in [-0.4, -0.2) is 40.9 Å². The fourth-order valence-corrected chi connectivity index (χ4v) is 2.06. The van der Waals surface area contributed by atoms with Crippen LogP contribution in [0.4, 0.5) is 4.79 Å². The zero-order chi connectivity index (χ0) is 13.5. The maximum Gasteiger partial charge on any atom is 0.344 e. The summed E-state index contributed by atoms with van der Waals surface area (Å²) in [5.74, 6) is 0.110. The Balaban J connectivity index is 2.48. The van der Waals surface area contributed by atoms with Gasteiger partial charge in [0.1, 0.15) is 6.04 Å². The zero-order valence-electron chi connectivity index (χ0n) is 10.7. The van der Waals surface area contributed by atoms with Crippen molar-refractivity contribution < 1.29 is 14.4 Å². The molecule has 0 saturated carbocycles. The Morgan fingerprint density at radius 2 is 2.22 bits per heavy atom. The van der Waals surface area contributed by atoms with Gasteiger partial charge in [-0.25, -0.2) is 4.79 Å². The summed E-state index contributed by atoms with van der Waals surface area (Å²) >= 11 is 1.61. The Morgan fingerprint density at radius 1 is 1.50 bits per heavy atom. The van der Waals surface area contributed by atoms with E-state index in [2.05, 4.69) is 10.7 Å². The second-order valence-corrected chi connectivity index (χ2v) is 5.08. The first kappa shape index (κ1) is 14.8. The van der Waals surface area contributed by atoms with Gasteiger partial charge in [-0.2, -0.15) is 16.8 Å². The molecule has 0 aliphatic carbocycles. The molecule has 6 nitrogen and oxygen atoms in total. The lowest BCUT2D eigenvalue weighted by Crippen LogP contribution is -2.46. The fourth-order valence-electron chi connectivity index (χ4n) is 1.59. The predicted octanol–water partition coefficient (Wildman–Crippen LogP) is 0.881. The molecule has 4 amide bonds. The van der Waals surface area contributed by atoms with E-state index in [0.29, 0.717) is 12.8 Å². The summed E-state index contributed by atoms with van der Waals surface area (Å²) in [6.07, 6.45) is 4.47. The van der Waals surface area contributed by atoms with Crippen LogP contribution in [0.15, 0.2) is 0 Å². The van der Waals surface area contributed by atoms with E-state index in [0.717, 1.165) is 23.6 Å². The first-order valence-electron chi connectivity index (χ1n) is 6.03. The molecule has 0 aromatic carbocycles. The molecule has 0 unspecified atom stereocenters. The van der Waals surface area contributed by atoms with Gasteiger partial charge in [0, 0.05) is 6.42 Å². The summed E-state index contributed by atoms with van der Waals surface area (Å²) in [5, 5.41) is 3.35. The van der Waals surface area contributed by atoms with Crippen molar-refractivity contribution in [2.24, 2.45) is 0 Å². The topological polar surface area (TPSA) is 78.5 Å². The number of hydrogen-bond acceptors (Lipinski definition) is 4. The number of amides is 4. The molecular formula is C11H19N3O3S. The SMILES string of the molecule is CCCCC(=O)NN1C(=O)N[C@@H](CCSC)C1=O.